The zero-order valence-corrected chi connectivity index (χ0v) is 16.3. The number of carbonyl (C=O) groups is 2. The maximum absolute atomic E-state index is 12.1. The Hall–Kier alpha value is -2.95. The van der Waals surface area contributed by atoms with Crippen molar-refractivity contribution in [3.05, 3.63) is 42.1 Å². The highest BCUT2D eigenvalue weighted by atomic mass is 16.3. The van der Waals surface area contributed by atoms with Gasteiger partial charge in [-0.2, -0.15) is 0 Å². The van der Waals surface area contributed by atoms with Crippen molar-refractivity contribution in [2.45, 2.75) is 13.0 Å². The van der Waals surface area contributed by atoms with Crippen LogP contribution in [0.2, 0.25) is 0 Å². The molecule has 3 rings (SSSR count). The van der Waals surface area contributed by atoms with E-state index >= 15 is 0 Å². The van der Waals surface area contributed by atoms with E-state index in [9.17, 15) is 9.59 Å². The number of rotatable bonds is 7. The van der Waals surface area contributed by atoms with Gasteiger partial charge >= 0.3 is 0 Å². The van der Waals surface area contributed by atoms with Gasteiger partial charge in [-0.15, -0.1) is 0 Å². The highest BCUT2D eigenvalue weighted by Crippen LogP contribution is 2.19. The Bertz CT molecular complexity index is 827. The number of hydrogen-bond donors (Lipinski definition) is 4. The van der Waals surface area contributed by atoms with Crippen molar-refractivity contribution in [2.24, 2.45) is 5.73 Å². The number of nitrogens with two attached hydrogens (primary N) is 1. The van der Waals surface area contributed by atoms with Gasteiger partial charge in [0.15, 0.2) is 5.69 Å². The van der Waals surface area contributed by atoms with Crippen molar-refractivity contribution >= 4 is 23.2 Å². The van der Waals surface area contributed by atoms with Crippen LogP contribution >= 0.6 is 0 Å². The SMILES string of the molecule is C[C@H](N)c1nc(C(=O)NCC(=O)Nc2ccc(N3CCN(CO)CC3)cc2)co1. The molecule has 2 amide bonds. The number of aliphatic hydroxyl groups excluding tert-OH is 1. The quantitative estimate of drug-likeness (QED) is 0.513. The number of hydrogen-bond acceptors (Lipinski definition) is 8. The first kappa shape index (κ1) is 20.8. The molecule has 10 heteroatoms. The fourth-order valence-electron chi connectivity index (χ4n) is 2.96. The lowest BCUT2D eigenvalue weighted by molar-refractivity contribution is -0.115. The third-order valence-corrected chi connectivity index (χ3v) is 4.64. The van der Waals surface area contributed by atoms with Gasteiger partial charge in [0.1, 0.15) is 6.26 Å². The number of anilines is 2. The smallest absolute Gasteiger partial charge is 0.273 e. The molecule has 0 aliphatic carbocycles. The third-order valence-electron chi connectivity index (χ3n) is 4.64. The van der Waals surface area contributed by atoms with Gasteiger partial charge in [-0.3, -0.25) is 14.5 Å². The molecule has 0 unspecified atom stereocenters. The summed E-state index contributed by atoms with van der Waals surface area (Å²) in [7, 11) is 0. The van der Waals surface area contributed by atoms with Crippen LogP contribution in [-0.2, 0) is 4.79 Å². The van der Waals surface area contributed by atoms with Gasteiger partial charge < -0.3 is 30.8 Å². The zero-order chi connectivity index (χ0) is 20.8. The number of aliphatic hydroxyl groups is 1. The number of benzene rings is 1. The van der Waals surface area contributed by atoms with Crippen LogP contribution in [0.3, 0.4) is 0 Å². The molecule has 1 atom stereocenters. The number of nitrogens with zero attached hydrogens (tertiary/aromatic N) is 3. The number of piperazine rings is 1. The summed E-state index contributed by atoms with van der Waals surface area (Å²) < 4.78 is 5.11. The second kappa shape index (κ2) is 9.50. The Morgan fingerprint density at radius 3 is 2.52 bits per heavy atom. The van der Waals surface area contributed by atoms with E-state index in [4.69, 9.17) is 15.3 Å². The molecule has 1 aliphatic rings. The van der Waals surface area contributed by atoms with Crippen LogP contribution in [0.15, 0.2) is 34.9 Å². The maximum atomic E-state index is 12.1. The summed E-state index contributed by atoms with van der Waals surface area (Å²) in [4.78, 5) is 32.3. The molecule has 0 bridgehead atoms. The predicted molar refractivity (Wildman–Crippen MR) is 107 cm³/mol. The molecule has 156 valence electrons. The standard InChI is InChI=1S/C19H26N6O4/c1-13(20)19-23-16(11-29-19)18(28)21-10-17(27)22-14-2-4-15(5-3-14)25-8-6-24(12-26)7-9-25/h2-5,11,13,26H,6-10,12,20H2,1H3,(H,21,28)(H,22,27)/t13-/m0/s1. The summed E-state index contributed by atoms with van der Waals surface area (Å²) >= 11 is 0. The van der Waals surface area contributed by atoms with Crippen LogP contribution in [0.4, 0.5) is 11.4 Å². The summed E-state index contributed by atoms with van der Waals surface area (Å²) in [5, 5.41) is 14.4. The molecule has 2 aromatic rings. The molecule has 1 fully saturated rings. The number of oxazole rings is 1. The summed E-state index contributed by atoms with van der Waals surface area (Å²) in [6.45, 7) is 4.89. The molecular weight excluding hydrogens is 376 g/mol. The lowest BCUT2D eigenvalue weighted by atomic mass is 10.2. The summed E-state index contributed by atoms with van der Waals surface area (Å²) in [5.74, 6) is -0.593. The Morgan fingerprint density at radius 2 is 1.93 bits per heavy atom. The minimum absolute atomic E-state index is 0.0794. The van der Waals surface area contributed by atoms with Crippen molar-refractivity contribution < 1.29 is 19.1 Å². The second-order valence-electron chi connectivity index (χ2n) is 6.88. The molecular formula is C19H26N6O4. The van der Waals surface area contributed by atoms with E-state index in [2.05, 4.69) is 20.5 Å². The minimum Gasteiger partial charge on any atom is -0.446 e. The van der Waals surface area contributed by atoms with E-state index in [-0.39, 0.29) is 30.8 Å². The van der Waals surface area contributed by atoms with Crippen LogP contribution in [0, 0.1) is 0 Å². The predicted octanol–water partition coefficient (Wildman–Crippen LogP) is 0.135. The molecule has 1 aromatic heterocycles. The summed E-state index contributed by atoms with van der Waals surface area (Å²) in [6, 6.07) is 7.10. The maximum Gasteiger partial charge on any atom is 0.273 e. The molecule has 0 saturated carbocycles. The van der Waals surface area contributed by atoms with Crippen LogP contribution < -0.4 is 21.3 Å². The van der Waals surface area contributed by atoms with E-state index < -0.39 is 11.9 Å². The lowest BCUT2D eigenvalue weighted by Gasteiger charge is -2.35. The Kier molecular flexibility index (Phi) is 6.81. The molecule has 2 heterocycles. The average molecular weight is 402 g/mol. The van der Waals surface area contributed by atoms with E-state index in [1.54, 1.807) is 6.92 Å². The molecule has 29 heavy (non-hydrogen) atoms. The van der Waals surface area contributed by atoms with E-state index in [0.29, 0.717) is 5.69 Å². The van der Waals surface area contributed by atoms with Gasteiger partial charge in [0.25, 0.3) is 5.91 Å². The zero-order valence-electron chi connectivity index (χ0n) is 16.3. The van der Waals surface area contributed by atoms with Crippen LogP contribution in [0.25, 0.3) is 0 Å². The average Bonchev–Trinajstić information content (AvgIpc) is 3.23. The van der Waals surface area contributed by atoms with Crippen molar-refractivity contribution in [1.82, 2.24) is 15.2 Å². The van der Waals surface area contributed by atoms with E-state index in [0.717, 1.165) is 31.9 Å². The first-order valence-corrected chi connectivity index (χ1v) is 9.43. The fraction of sp³-hybridized carbons (Fsp3) is 0.421. The molecule has 1 saturated heterocycles. The molecule has 1 aliphatic heterocycles. The van der Waals surface area contributed by atoms with Gasteiger partial charge in [-0.1, -0.05) is 0 Å². The van der Waals surface area contributed by atoms with Gasteiger partial charge in [0.05, 0.1) is 19.3 Å². The molecule has 10 nitrogen and oxygen atoms in total. The second-order valence-corrected chi connectivity index (χ2v) is 6.88. The topological polar surface area (TPSA) is 137 Å². The molecule has 5 N–H and O–H groups in total. The highest BCUT2D eigenvalue weighted by molar-refractivity contribution is 5.98. The van der Waals surface area contributed by atoms with E-state index in [1.165, 1.54) is 6.26 Å². The lowest BCUT2D eigenvalue weighted by Crippen LogP contribution is -2.46. The summed E-state index contributed by atoms with van der Waals surface area (Å²) in [5.41, 5.74) is 7.42. The number of amides is 2. The Balaban J connectivity index is 1.46. The van der Waals surface area contributed by atoms with Gasteiger partial charge in [-0.05, 0) is 31.2 Å². The van der Waals surface area contributed by atoms with Gasteiger partial charge in [0, 0.05) is 37.6 Å². The highest BCUT2D eigenvalue weighted by Gasteiger charge is 2.17. The van der Waals surface area contributed by atoms with Crippen molar-refractivity contribution in [3.63, 3.8) is 0 Å². The minimum atomic E-state index is -0.506. The number of nitrogens with one attached hydrogen (secondary N) is 2. The van der Waals surface area contributed by atoms with Crippen LogP contribution in [0.5, 0.6) is 0 Å². The summed E-state index contributed by atoms with van der Waals surface area (Å²) in [6.07, 6.45) is 1.21. The van der Waals surface area contributed by atoms with Gasteiger partial charge in [-0.25, -0.2) is 4.98 Å². The number of aromatic nitrogens is 1. The fourth-order valence-corrected chi connectivity index (χ4v) is 2.96. The van der Waals surface area contributed by atoms with Crippen molar-refractivity contribution in [3.8, 4) is 0 Å². The molecule has 0 radical (unpaired) electrons. The first-order chi connectivity index (χ1) is 14.0. The number of carbonyl (C=O) groups excluding carboxylic acids is 2. The largest absolute Gasteiger partial charge is 0.446 e. The Morgan fingerprint density at radius 1 is 1.24 bits per heavy atom. The molecule has 0 spiro atoms. The van der Waals surface area contributed by atoms with Crippen LogP contribution in [-0.4, -0.2) is 66.3 Å². The normalized spacial score (nSPS) is 15.8. The van der Waals surface area contributed by atoms with E-state index in [1.807, 2.05) is 29.2 Å². The van der Waals surface area contributed by atoms with Crippen LogP contribution in [0.1, 0.15) is 29.3 Å². The van der Waals surface area contributed by atoms with Crippen molar-refractivity contribution in [1.29, 1.82) is 0 Å². The van der Waals surface area contributed by atoms with Gasteiger partial charge in [0.2, 0.25) is 11.8 Å². The third kappa shape index (κ3) is 5.53. The first-order valence-electron chi connectivity index (χ1n) is 9.43. The van der Waals surface area contributed by atoms with Crippen molar-refractivity contribution in [2.75, 3.05) is 49.7 Å². The monoisotopic (exact) mass is 402 g/mol. The molecule has 1 aromatic carbocycles. The Labute approximate surface area is 168 Å².